The van der Waals surface area contributed by atoms with Crippen LogP contribution >= 0.6 is 22.9 Å². The SMILES string of the molecule is Nc1nsc(N2CCN(Cc3cnc(N)s3)CC2)n1. The van der Waals surface area contributed by atoms with Crippen LogP contribution in [0.3, 0.4) is 0 Å². The van der Waals surface area contributed by atoms with E-state index in [2.05, 4.69) is 24.1 Å². The topological polar surface area (TPSA) is 97.2 Å². The molecule has 3 rings (SSSR count). The molecule has 7 nitrogen and oxygen atoms in total. The lowest BCUT2D eigenvalue weighted by Crippen LogP contribution is -2.45. The van der Waals surface area contributed by atoms with E-state index in [1.54, 1.807) is 11.3 Å². The number of anilines is 3. The smallest absolute Gasteiger partial charge is 0.233 e. The molecule has 9 heteroatoms. The van der Waals surface area contributed by atoms with Gasteiger partial charge in [-0.25, -0.2) is 4.98 Å². The molecule has 2 aromatic rings. The monoisotopic (exact) mass is 297 g/mol. The Hall–Kier alpha value is -1.45. The summed E-state index contributed by atoms with van der Waals surface area (Å²) in [5, 5.41) is 1.55. The van der Waals surface area contributed by atoms with Crippen LogP contribution in [-0.2, 0) is 6.54 Å². The predicted octanol–water partition coefficient (Wildman–Crippen LogP) is 0.481. The number of hydrogen-bond donors (Lipinski definition) is 2. The highest BCUT2D eigenvalue weighted by Gasteiger charge is 2.20. The zero-order valence-corrected chi connectivity index (χ0v) is 12.0. The molecule has 4 N–H and O–H groups in total. The standard InChI is InChI=1S/C10H15N7S2/c11-8-14-10(19-15-8)17-3-1-16(2-4-17)6-7-5-13-9(12)18-7/h5H,1-4,6H2,(H2,11,15)(H2,12,13). The van der Waals surface area contributed by atoms with Gasteiger partial charge in [0.15, 0.2) is 5.13 Å². The van der Waals surface area contributed by atoms with Crippen molar-refractivity contribution < 1.29 is 0 Å². The molecule has 0 amide bonds. The highest BCUT2D eigenvalue weighted by atomic mass is 32.1. The summed E-state index contributed by atoms with van der Waals surface area (Å²) < 4.78 is 4.01. The van der Waals surface area contributed by atoms with E-state index < -0.39 is 0 Å². The number of thiazole rings is 1. The predicted molar refractivity (Wildman–Crippen MR) is 78.3 cm³/mol. The summed E-state index contributed by atoms with van der Waals surface area (Å²) in [4.78, 5) is 14.1. The van der Waals surface area contributed by atoms with Gasteiger partial charge in [-0.05, 0) is 0 Å². The van der Waals surface area contributed by atoms with Gasteiger partial charge in [-0.3, -0.25) is 4.90 Å². The second kappa shape index (κ2) is 5.27. The van der Waals surface area contributed by atoms with Crippen molar-refractivity contribution in [2.24, 2.45) is 0 Å². The van der Waals surface area contributed by atoms with Crippen molar-refractivity contribution in [1.82, 2.24) is 19.2 Å². The summed E-state index contributed by atoms with van der Waals surface area (Å²) in [5.74, 6) is 0.363. The largest absolute Gasteiger partial charge is 0.375 e. The van der Waals surface area contributed by atoms with Crippen molar-refractivity contribution in [2.75, 3.05) is 42.5 Å². The van der Waals surface area contributed by atoms with Crippen LogP contribution in [0.25, 0.3) is 0 Å². The van der Waals surface area contributed by atoms with Gasteiger partial charge in [-0.1, -0.05) is 0 Å². The molecule has 1 aliphatic heterocycles. The number of hydrogen-bond acceptors (Lipinski definition) is 9. The van der Waals surface area contributed by atoms with Gasteiger partial charge in [0.05, 0.1) is 0 Å². The zero-order valence-electron chi connectivity index (χ0n) is 10.3. The number of nitrogen functional groups attached to an aromatic ring is 2. The summed E-state index contributed by atoms with van der Waals surface area (Å²) in [5.41, 5.74) is 11.2. The van der Waals surface area contributed by atoms with Crippen LogP contribution in [0.2, 0.25) is 0 Å². The third-order valence-electron chi connectivity index (χ3n) is 3.02. The number of nitrogens with two attached hydrogens (primary N) is 2. The van der Waals surface area contributed by atoms with Gasteiger partial charge < -0.3 is 16.4 Å². The zero-order chi connectivity index (χ0) is 13.2. The quantitative estimate of drug-likeness (QED) is 0.850. The van der Waals surface area contributed by atoms with Gasteiger partial charge in [0.1, 0.15) is 0 Å². The Labute approximate surface area is 119 Å². The maximum absolute atomic E-state index is 5.64. The molecule has 1 fully saturated rings. The Morgan fingerprint density at radius 3 is 2.58 bits per heavy atom. The van der Waals surface area contributed by atoms with E-state index >= 15 is 0 Å². The maximum atomic E-state index is 5.64. The molecule has 2 aromatic heterocycles. The summed E-state index contributed by atoms with van der Waals surface area (Å²) in [6.45, 7) is 4.81. The van der Waals surface area contributed by atoms with Crippen LogP contribution in [0.5, 0.6) is 0 Å². The molecule has 0 bridgehead atoms. The van der Waals surface area contributed by atoms with Crippen molar-refractivity contribution in [1.29, 1.82) is 0 Å². The minimum Gasteiger partial charge on any atom is -0.375 e. The highest BCUT2D eigenvalue weighted by molar-refractivity contribution is 7.15. The van der Waals surface area contributed by atoms with Crippen LogP contribution < -0.4 is 16.4 Å². The van der Waals surface area contributed by atoms with Gasteiger partial charge in [0.25, 0.3) is 0 Å². The summed E-state index contributed by atoms with van der Waals surface area (Å²) >= 11 is 2.92. The normalized spacial score (nSPS) is 16.9. The van der Waals surface area contributed by atoms with Crippen molar-refractivity contribution in [3.05, 3.63) is 11.1 Å². The van der Waals surface area contributed by atoms with E-state index in [0.29, 0.717) is 11.1 Å². The summed E-state index contributed by atoms with van der Waals surface area (Å²) in [6, 6.07) is 0. The minimum atomic E-state index is 0.363. The van der Waals surface area contributed by atoms with E-state index in [-0.39, 0.29) is 0 Å². The van der Waals surface area contributed by atoms with Crippen molar-refractivity contribution in [3.8, 4) is 0 Å². The molecule has 1 aliphatic rings. The minimum absolute atomic E-state index is 0.363. The van der Waals surface area contributed by atoms with Gasteiger partial charge in [-0.2, -0.15) is 9.36 Å². The first-order chi connectivity index (χ1) is 9.20. The van der Waals surface area contributed by atoms with Crippen molar-refractivity contribution >= 4 is 39.1 Å². The number of nitrogens with zero attached hydrogens (tertiary/aromatic N) is 5. The molecule has 0 aliphatic carbocycles. The second-order valence-electron chi connectivity index (χ2n) is 4.36. The molecule has 0 saturated carbocycles. The second-order valence-corrected chi connectivity index (χ2v) is 6.24. The average molecular weight is 297 g/mol. The van der Waals surface area contributed by atoms with E-state index in [9.17, 15) is 0 Å². The number of aromatic nitrogens is 3. The molecule has 0 atom stereocenters. The molecule has 102 valence electrons. The first-order valence-corrected chi connectivity index (χ1v) is 7.56. The van der Waals surface area contributed by atoms with Gasteiger partial charge in [0.2, 0.25) is 11.1 Å². The highest BCUT2D eigenvalue weighted by Crippen LogP contribution is 2.21. The molecule has 19 heavy (non-hydrogen) atoms. The lowest BCUT2D eigenvalue weighted by atomic mass is 10.3. The summed E-state index contributed by atoms with van der Waals surface area (Å²) in [6.07, 6.45) is 1.86. The maximum Gasteiger partial charge on any atom is 0.233 e. The fourth-order valence-corrected chi connectivity index (χ4v) is 3.44. The summed E-state index contributed by atoms with van der Waals surface area (Å²) in [7, 11) is 0. The molecule has 1 saturated heterocycles. The van der Waals surface area contributed by atoms with Crippen molar-refractivity contribution in [2.45, 2.75) is 6.54 Å². The fraction of sp³-hybridized carbons (Fsp3) is 0.500. The third-order valence-corrected chi connectivity index (χ3v) is 4.63. The Bertz CT molecular complexity index is 544. The van der Waals surface area contributed by atoms with Gasteiger partial charge >= 0.3 is 0 Å². The Morgan fingerprint density at radius 2 is 2.00 bits per heavy atom. The van der Waals surface area contributed by atoms with Crippen LogP contribution in [0.4, 0.5) is 16.2 Å². The molecular weight excluding hydrogens is 282 g/mol. The van der Waals surface area contributed by atoms with E-state index in [4.69, 9.17) is 11.5 Å². The molecule has 3 heterocycles. The first-order valence-electron chi connectivity index (χ1n) is 5.97. The van der Waals surface area contributed by atoms with Crippen LogP contribution in [0.15, 0.2) is 6.20 Å². The van der Waals surface area contributed by atoms with E-state index in [1.807, 2.05) is 6.20 Å². The van der Waals surface area contributed by atoms with E-state index in [1.165, 1.54) is 16.4 Å². The average Bonchev–Trinajstić information content (AvgIpc) is 3.00. The molecule has 0 unspecified atom stereocenters. The lowest BCUT2D eigenvalue weighted by Gasteiger charge is -2.33. The number of piperazine rings is 1. The number of rotatable bonds is 3. The fourth-order valence-electron chi connectivity index (χ4n) is 2.07. The molecule has 0 aromatic carbocycles. The van der Waals surface area contributed by atoms with Gasteiger partial charge in [-0.15, -0.1) is 11.3 Å². The third kappa shape index (κ3) is 2.94. The van der Waals surface area contributed by atoms with Crippen LogP contribution in [-0.4, -0.2) is 45.4 Å². The Balaban J connectivity index is 1.54. The molecular formula is C10H15N7S2. The molecule has 0 spiro atoms. The molecule has 0 radical (unpaired) electrons. The van der Waals surface area contributed by atoms with E-state index in [0.717, 1.165) is 37.9 Å². The lowest BCUT2D eigenvalue weighted by molar-refractivity contribution is 0.252. The van der Waals surface area contributed by atoms with Crippen LogP contribution in [0, 0.1) is 0 Å². The first kappa shape index (κ1) is 12.6. The van der Waals surface area contributed by atoms with Gasteiger partial charge in [0, 0.05) is 55.3 Å². The Morgan fingerprint density at radius 1 is 1.21 bits per heavy atom. The van der Waals surface area contributed by atoms with Crippen LogP contribution in [0.1, 0.15) is 4.88 Å². The van der Waals surface area contributed by atoms with Crippen molar-refractivity contribution in [3.63, 3.8) is 0 Å². The Kier molecular flexibility index (Phi) is 3.49.